The molecule has 0 saturated heterocycles. The Morgan fingerprint density at radius 1 is 0.769 bits per heavy atom. The van der Waals surface area contributed by atoms with E-state index in [0.717, 1.165) is 6.42 Å². The van der Waals surface area contributed by atoms with Crippen molar-refractivity contribution in [2.45, 2.75) is 72.6 Å². The van der Waals surface area contributed by atoms with Crippen LogP contribution in [0, 0.1) is 19.9 Å². The minimum atomic E-state index is 0. The summed E-state index contributed by atoms with van der Waals surface area (Å²) >= 11 is 0. The van der Waals surface area contributed by atoms with E-state index < -0.39 is 0 Å². The van der Waals surface area contributed by atoms with Crippen LogP contribution in [0.2, 0.25) is 0 Å². The van der Waals surface area contributed by atoms with E-state index in [9.17, 15) is 0 Å². The standard InChI is InChI=1S/C23H29.2ClH.Hf/c1-14-9-16-11-17-10-15(2)21(23(6,7)8)13-19(17)18(16)12-20(14)22(3,4)5;;;/h9,12-13H,11H2,1-8H3;2*1H;/q-1;;;/p-2. The van der Waals surface area contributed by atoms with Gasteiger partial charge in [0.15, 0.2) is 0 Å². The first-order valence-corrected chi connectivity index (χ1v) is 8.69. The monoisotopic (exact) mass is 555 g/mol. The van der Waals surface area contributed by atoms with Gasteiger partial charge in [0, 0.05) is 25.8 Å². The molecule has 0 saturated carbocycles. The predicted molar refractivity (Wildman–Crippen MR) is 100 cm³/mol. The Balaban J connectivity index is 0.00000208. The summed E-state index contributed by atoms with van der Waals surface area (Å²) in [5.41, 5.74) is 11.6. The van der Waals surface area contributed by atoms with Crippen LogP contribution < -0.4 is 24.8 Å². The molecule has 3 heteroatoms. The van der Waals surface area contributed by atoms with Gasteiger partial charge in [0.25, 0.3) is 0 Å². The molecule has 142 valence electrons. The van der Waals surface area contributed by atoms with Crippen molar-refractivity contribution in [1.29, 1.82) is 0 Å². The second kappa shape index (κ2) is 8.50. The molecule has 0 heterocycles. The normalized spacial score (nSPS) is 12.3. The van der Waals surface area contributed by atoms with Gasteiger partial charge < -0.3 is 24.8 Å². The number of hydrogen-bond acceptors (Lipinski definition) is 0. The molecule has 0 radical (unpaired) electrons. The summed E-state index contributed by atoms with van der Waals surface area (Å²) in [4.78, 5) is 0. The summed E-state index contributed by atoms with van der Waals surface area (Å²) in [6.07, 6.45) is 1.03. The van der Waals surface area contributed by atoms with Crippen molar-refractivity contribution in [3.05, 3.63) is 57.6 Å². The van der Waals surface area contributed by atoms with E-state index in [-0.39, 0.29) is 61.5 Å². The summed E-state index contributed by atoms with van der Waals surface area (Å²) in [6, 6.07) is 10.9. The zero-order chi connectivity index (χ0) is 17.2. The SMILES string of the molecule is Cc1[c-]c2c(cc1C(C)(C)C)-c1cc(C(C)(C)C)c(C)cc1C2.[Cl-].[Cl-].[Hf]. The Morgan fingerprint density at radius 2 is 1.27 bits per heavy atom. The first-order chi connectivity index (χ1) is 10.5. The first-order valence-electron chi connectivity index (χ1n) is 8.69. The van der Waals surface area contributed by atoms with Crippen LogP contribution in [0.3, 0.4) is 0 Å². The van der Waals surface area contributed by atoms with Crippen LogP contribution in [-0.4, -0.2) is 0 Å². The molecule has 0 bridgehead atoms. The topological polar surface area (TPSA) is 0 Å². The van der Waals surface area contributed by atoms with Crippen LogP contribution in [-0.2, 0) is 43.1 Å². The van der Waals surface area contributed by atoms with Crippen LogP contribution in [0.5, 0.6) is 0 Å². The Hall–Kier alpha value is -0.110. The van der Waals surface area contributed by atoms with Crippen LogP contribution in [0.15, 0.2) is 18.2 Å². The Labute approximate surface area is 191 Å². The van der Waals surface area contributed by atoms with E-state index in [4.69, 9.17) is 0 Å². The number of aryl methyl sites for hydroxylation is 2. The Bertz CT molecular complexity index is 726. The molecule has 0 unspecified atom stereocenters. The van der Waals surface area contributed by atoms with E-state index in [1.807, 2.05) is 0 Å². The van der Waals surface area contributed by atoms with E-state index in [2.05, 4.69) is 79.7 Å². The van der Waals surface area contributed by atoms with E-state index in [0.29, 0.717) is 0 Å². The van der Waals surface area contributed by atoms with Gasteiger partial charge in [0.05, 0.1) is 0 Å². The van der Waals surface area contributed by atoms with Gasteiger partial charge in [-0.25, -0.2) is 0 Å². The van der Waals surface area contributed by atoms with Gasteiger partial charge in [0.1, 0.15) is 0 Å². The van der Waals surface area contributed by atoms with E-state index >= 15 is 0 Å². The molecule has 26 heavy (non-hydrogen) atoms. The summed E-state index contributed by atoms with van der Waals surface area (Å²) in [5, 5.41) is 0. The molecule has 0 nitrogen and oxygen atoms in total. The number of rotatable bonds is 0. The maximum Gasteiger partial charge on any atom is 0 e. The predicted octanol–water partition coefficient (Wildman–Crippen LogP) is 0.275. The molecule has 2 aromatic carbocycles. The van der Waals surface area contributed by atoms with Gasteiger partial charge in [0.2, 0.25) is 0 Å². The van der Waals surface area contributed by atoms with Gasteiger partial charge in [-0.05, 0) is 35.4 Å². The number of halogens is 2. The van der Waals surface area contributed by atoms with Crippen molar-refractivity contribution in [2.75, 3.05) is 0 Å². The maximum atomic E-state index is 3.69. The second-order valence-corrected chi connectivity index (χ2v) is 9.20. The summed E-state index contributed by atoms with van der Waals surface area (Å²) in [5.74, 6) is 0. The summed E-state index contributed by atoms with van der Waals surface area (Å²) in [6.45, 7) is 18.2. The van der Waals surface area contributed by atoms with Crippen molar-refractivity contribution in [1.82, 2.24) is 0 Å². The third kappa shape index (κ3) is 4.65. The zero-order valence-electron chi connectivity index (χ0n) is 17.2. The third-order valence-electron chi connectivity index (χ3n) is 5.08. The quantitative estimate of drug-likeness (QED) is 0.277. The van der Waals surface area contributed by atoms with Crippen LogP contribution in [0.4, 0.5) is 0 Å². The molecule has 0 aliphatic heterocycles. The van der Waals surface area contributed by atoms with Gasteiger partial charge in [-0.3, -0.25) is 0 Å². The van der Waals surface area contributed by atoms with Gasteiger partial charge in [-0.2, -0.15) is 17.7 Å². The maximum absolute atomic E-state index is 3.69. The minimum absolute atomic E-state index is 0. The average molecular weight is 555 g/mol. The van der Waals surface area contributed by atoms with Crippen LogP contribution >= 0.6 is 0 Å². The van der Waals surface area contributed by atoms with Crippen molar-refractivity contribution >= 4 is 0 Å². The van der Waals surface area contributed by atoms with E-state index in [1.165, 1.54) is 44.5 Å². The van der Waals surface area contributed by atoms with Crippen LogP contribution in [0.25, 0.3) is 11.1 Å². The molecule has 3 rings (SSSR count). The molecule has 1 aliphatic carbocycles. The Morgan fingerprint density at radius 3 is 1.77 bits per heavy atom. The van der Waals surface area contributed by atoms with Crippen molar-refractivity contribution in [3.8, 4) is 11.1 Å². The molecule has 0 amide bonds. The largest absolute Gasteiger partial charge is 1.00 e. The minimum Gasteiger partial charge on any atom is -1.00 e. The van der Waals surface area contributed by atoms with Crippen molar-refractivity contribution < 1.29 is 50.7 Å². The average Bonchev–Trinajstić information content (AvgIpc) is 2.70. The molecule has 1 aliphatic rings. The van der Waals surface area contributed by atoms with Gasteiger partial charge >= 0.3 is 0 Å². The number of fused-ring (bicyclic) bond motifs is 3. The van der Waals surface area contributed by atoms with Gasteiger partial charge in [-0.1, -0.05) is 71.6 Å². The first kappa shape index (κ1) is 25.9. The van der Waals surface area contributed by atoms with Gasteiger partial charge in [-0.15, -0.1) is 16.7 Å². The van der Waals surface area contributed by atoms with Crippen LogP contribution in [0.1, 0.15) is 74.9 Å². The fourth-order valence-corrected chi connectivity index (χ4v) is 4.02. The fraction of sp³-hybridized carbons (Fsp3) is 0.478. The van der Waals surface area contributed by atoms with Crippen molar-refractivity contribution in [3.63, 3.8) is 0 Å². The zero-order valence-corrected chi connectivity index (χ0v) is 22.3. The fourth-order valence-electron chi connectivity index (χ4n) is 4.02. The third-order valence-corrected chi connectivity index (χ3v) is 5.08. The molecule has 0 atom stereocenters. The Kier molecular flexibility index (Phi) is 8.46. The molecule has 2 aromatic rings. The van der Waals surface area contributed by atoms with Crippen molar-refractivity contribution in [2.24, 2.45) is 0 Å². The molecular weight excluding hydrogens is 526 g/mol. The molecule has 0 aromatic heterocycles. The molecule has 0 fully saturated rings. The smallest absolute Gasteiger partial charge is 0 e. The van der Waals surface area contributed by atoms with E-state index in [1.54, 1.807) is 0 Å². The molecule has 0 spiro atoms. The summed E-state index contributed by atoms with van der Waals surface area (Å²) in [7, 11) is 0. The number of benzene rings is 2. The number of hydrogen-bond donors (Lipinski definition) is 0. The summed E-state index contributed by atoms with van der Waals surface area (Å²) < 4.78 is 0. The molecular formula is C23H29Cl2Hf-3. The molecule has 0 N–H and O–H groups in total. The second-order valence-electron chi connectivity index (χ2n) is 9.20.